The van der Waals surface area contributed by atoms with Crippen LogP contribution >= 0.6 is 0 Å². The average Bonchev–Trinajstić information content (AvgIpc) is 3.00. The molecule has 0 aliphatic carbocycles. The van der Waals surface area contributed by atoms with Gasteiger partial charge in [0.15, 0.2) is 11.5 Å². The summed E-state index contributed by atoms with van der Waals surface area (Å²) in [4.78, 5) is 44.1. The minimum Gasteiger partial charge on any atom is -0.507 e. The van der Waals surface area contributed by atoms with E-state index in [1.54, 1.807) is 56.1 Å². The lowest BCUT2D eigenvalue weighted by atomic mass is 10.0. The fourth-order valence-corrected chi connectivity index (χ4v) is 6.27. The van der Waals surface area contributed by atoms with Crippen LogP contribution in [0.2, 0.25) is 0 Å². The highest BCUT2D eigenvalue weighted by atomic mass is 19.1. The van der Waals surface area contributed by atoms with Gasteiger partial charge in [-0.1, -0.05) is 38.1 Å². The molecule has 0 bridgehead atoms. The number of phenols is 1. The quantitative estimate of drug-likeness (QED) is 0.223. The van der Waals surface area contributed by atoms with E-state index in [-0.39, 0.29) is 53.8 Å². The van der Waals surface area contributed by atoms with Crippen molar-refractivity contribution in [3.63, 3.8) is 0 Å². The van der Waals surface area contributed by atoms with Crippen molar-refractivity contribution in [1.82, 2.24) is 24.4 Å². The van der Waals surface area contributed by atoms with E-state index >= 15 is 8.78 Å². The number of anilines is 1. The minimum absolute atomic E-state index is 0.0214. The van der Waals surface area contributed by atoms with E-state index in [0.29, 0.717) is 22.3 Å². The number of hydrogen-bond acceptors (Lipinski definition) is 8. The smallest absolute Gasteiger partial charge is 0.410 e. The molecule has 1 amide bonds. The van der Waals surface area contributed by atoms with Gasteiger partial charge in [-0.3, -0.25) is 4.98 Å². The van der Waals surface area contributed by atoms with Crippen molar-refractivity contribution in [3.8, 4) is 22.7 Å². The predicted molar refractivity (Wildman–Crippen MR) is 181 cm³/mol. The molecule has 0 radical (unpaired) electrons. The Balaban J connectivity index is 1.59. The van der Waals surface area contributed by atoms with E-state index in [1.165, 1.54) is 22.8 Å². The van der Waals surface area contributed by atoms with Gasteiger partial charge in [0.25, 0.3) is 0 Å². The first-order chi connectivity index (χ1) is 22.7. The van der Waals surface area contributed by atoms with Crippen LogP contribution in [0.15, 0.2) is 53.5 Å². The van der Waals surface area contributed by atoms with E-state index in [1.807, 2.05) is 32.6 Å². The second kappa shape index (κ2) is 12.1. The van der Waals surface area contributed by atoms with E-state index < -0.39 is 46.0 Å². The molecular formula is C36H38F2N6O4. The van der Waals surface area contributed by atoms with Crippen LogP contribution in [0.5, 0.6) is 5.75 Å². The van der Waals surface area contributed by atoms with E-state index in [0.717, 1.165) is 0 Å². The topological polar surface area (TPSA) is 114 Å². The number of aromatic nitrogens is 4. The monoisotopic (exact) mass is 656 g/mol. The Kier molecular flexibility index (Phi) is 8.30. The molecule has 1 aliphatic heterocycles. The molecule has 3 aromatic heterocycles. The zero-order chi connectivity index (χ0) is 34.7. The molecule has 48 heavy (non-hydrogen) atoms. The van der Waals surface area contributed by atoms with E-state index in [4.69, 9.17) is 4.74 Å². The molecule has 1 fully saturated rings. The molecule has 0 unspecified atom stereocenters. The number of halogens is 2. The maximum absolute atomic E-state index is 16.3. The second-order valence-electron chi connectivity index (χ2n) is 13.5. The van der Waals surface area contributed by atoms with Crippen molar-refractivity contribution in [3.05, 3.63) is 82.0 Å². The lowest BCUT2D eigenvalue weighted by molar-refractivity contribution is 0.0218. The van der Waals surface area contributed by atoms with Crippen molar-refractivity contribution in [2.75, 3.05) is 24.5 Å². The Morgan fingerprint density at radius 3 is 2.48 bits per heavy atom. The molecule has 2 aromatic carbocycles. The van der Waals surface area contributed by atoms with E-state index in [9.17, 15) is 14.7 Å². The van der Waals surface area contributed by atoms with Crippen LogP contribution in [0.1, 0.15) is 58.7 Å². The number of ether oxygens (including phenoxy) is 1. The van der Waals surface area contributed by atoms with Gasteiger partial charge in [-0.15, -0.1) is 0 Å². The first-order valence-corrected chi connectivity index (χ1v) is 15.9. The molecule has 0 saturated carbocycles. The number of piperazine rings is 1. The van der Waals surface area contributed by atoms with Crippen LogP contribution in [0.25, 0.3) is 38.8 Å². The van der Waals surface area contributed by atoms with Crippen LogP contribution in [0, 0.1) is 18.6 Å². The number of carbonyl (C=O) groups is 1. The summed E-state index contributed by atoms with van der Waals surface area (Å²) in [6.07, 6.45) is 1.20. The molecule has 1 N–H and O–H groups in total. The number of pyridine rings is 2. The third-order valence-corrected chi connectivity index (χ3v) is 8.48. The summed E-state index contributed by atoms with van der Waals surface area (Å²) in [5.74, 6) is -2.17. The maximum atomic E-state index is 16.3. The Bertz CT molecular complexity index is 2140. The van der Waals surface area contributed by atoms with Gasteiger partial charge in [0.1, 0.15) is 28.7 Å². The predicted octanol–water partition coefficient (Wildman–Crippen LogP) is 6.86. The molecule has 1 saturated heterocycles. The number of aromatic hydroxyl groups is 1. The highest BCUT2D eigenvalue weighted by Gasteiger charge is 2.33. The lowest BCUT2D eigenvalue weighted by Gasteiger charge is -2.41. The molecular weight excluding hydrogens is 618 g/mol. The molecule has 12 heteroatoms. The van der Waals surface area contributed by atoms with Crippen molar-refractivity contribution >= 4 is 33.7 Å². The normalized spacial score (nSPS) is 15.5. The number of hydrogen-bond donors (Lipinski definition) is 1. The van der Waals surface area contributed by atoms with Crippen LogP contribution < -0.4 is 10.6 Å². The third-order valence-electron chi connectivity index (χ3n) is 8.48. The summed E-state index contributed by atoms with van der Waals surface area (Å²) >= 11 is 0. The Morgan fingerprint density at radius 1 is 1.06 bits per heavy atom. The van der Waals surface area contributed by atoms with Crippen LogP contribution in [-0.2, 0) is 4.74 Å². The van der Waals surface area contributed by atoms with Gasteiger partial charge in [0.2, 0.25) is 0 Å². The van der Waals surface area contributed by atoms with Gasteiger partial charge in [0, 0.05) is 37.3 Å². The van der Waals surface area contributed by atoms with E-state index in [2.05, 4.69) is 15.0 Å². The fourth-order valence-electron chi connectivity index (χ4n) is 6.27. The van der Waals surface area contributed by atoms with Gasteiger partial charge in [0.05, 0.1) is 22.3 Å². The van der Waals surface area contributed by atoms with Crippen molar-refractivity contribution in [2.45, 2.75) is 66.0 Å². The lowest BCUT2D eigenvalue weighted by Crippen LogP contribution is -2.55. The number of rotatable bonds is 4. The summed E-state index contributed by atoms with van der Waals surface area (Å²) in [6.45, 7) is 13.8. The molecule has 250 valence electrons. The zero-order valence-corrected chi connectivity index (χ0v) is 28.0. The van der Waals surface area contributed by atoms with Gasteiger partial charge in [-0.25, -0.2) is 27.9 Å². The zero-order valence-electron chi connectivity index (χ0n) is 28.0. The van der Waals surface area contributed by atoms with Crippen molar-refractivity contribution in [1.29, 1.82) is 0 Å². The number of benzene rings is 2. The highest BCUT2D eigenvalue weighted by Crippen LogP contribution is 2.39. The van der Waals surface area contributed by atoms with Gasteiger partial charge < -0.3 is 19.6 Å². The van der Waals surface area contributed by atoms with Crippen LogP contribution in [0.3, 0.4) is 0 Å². The van der Waals surface area contributed by atoms with Crippen LogP contribution in [-0.4, -0.2) is 66.9 Å². The fraction of sp³-hybridized carbons (Fsp3) is 0.361. The first kappa shape index (κ1) is 32.8. The summed E-state index contributed by atoms with van der Waals surface area (Å²) in [5, 5.41) is 11.8. The Labute approximate surface area is 276 Å². The largest absolute Gasteiger partial charge is 0.507 e. The average molecular weight is 657 g/mol. The molecule has 6 rings (SSSR count). The van der Waals surface area contributed by atoms with Crippen LogP contribution in [0.4, 0.5) is 19.4 Å². The summed E-state index contributed by atoms with van der Waals surface area (Å²) < 4.78 is 39.2. The molecule has 4 heterocycles. The number of carbonyl (C=O) groups excluding carboxylic acids is 1. The summed E-state index contributed by atoms with van der Waals surface area (Å²) in [5.41, 5.74) is -0.464. The number of aryl methyl sites for hydroxylation is 1. The Morgan fingerprint density at radius 2 is 1.79 bits per heavy atom. The molecule has 5 aromatic rings. The second-order valence-corrected chi connectivity index (χ2v) is 13.5. The van der Waals surface area contributed by atoms with Crippen molar-refractivity contribution in [2.24, 2.45) is 0 Å². The Hall–Kier alpha value is -5.13. The third kappa shape index (κ3) is 5.80. The first-order valence-electron chi connectivity index (χ1n) is 15.9. The molecule has 1 atom stereocenters. The number of fused-ring (bicyclic) bond motifs is 2. The summed E-state index contributed by atoms with van der Waals surface area (Å²) in [7, 11) is 0. The molecule has 1 aliphatic rings. The standard InChI is InChI=1S/C36H38F2N6O4/c1-19(2)29-31(20(3)12-13-39-29)44-33-24(17-25(37)30(40-33)27-26(45)16-22-10-8-9-11-23(22)28(27)38)32(41-34(44)46)43-15-14-42(18-21(43)4)35(47)48-36(5,6)7/h8-13,16-17,19,21,45H,14-15,18H2,1-7H3/t21-/m0/s1. The van der Waals surface area contributed by atoms with Gasteiger partial charge in [-0.05, 0) is 69.7 Å². The van der Waals surface area contributed by atoms with Gasteiger partial charge in [-0.2, -0.15) is 4.98 Å². The van der Waals surface area contributed by atoms with Crippen molar-refractivity contribution < 1.29 is 23.4 Å². The minimum atomic E-state index is -0.910. The number of nitrogens with zero attached hydrogens (tertiary/aromatic N) is 6. The van der Waals surface area contributed by atoms with Gasteiger partial charge >= 0.3 is 11.8 Å². The summed E-state index contributed by atoms with van der Waals surface area (Å²) in [6, 6.07) is 10.5. The maximum Gasteiger partial charge on any atom is 0.410 e. The SMILES string of the molecule is Cc1ccnc(C(C)C)c1-n1c(=O)nc(N2CCN(C(=O)OC(C)(C)C)C[C@@H]2C)c2cc(F)c(-c3c(O)cc4ccccc4c3F)nc21. The number of amides is 1. The highest BCUT2D eigenvalue weighted by molar-refractivity contribution is 5.94. The molecule has 0 spiro atoms. The number of phenolic OH excluding ortho intramolecular Hbond substituents is 1. The molecule has 10 nitrogen and oxygen atoms in total.